The second-order valence-corrected chi connectivity index (χ2v) is 5.75. The maximum Gasteiger partial charge on any atom is 0.272 e. The summed E-state index contributed by atoms with van der Waals surface area (Å²) in [5.74, 6) is -0.255. The van der Waals surface area contributed by atoms with Gasteiger partial charge in [-0.3, -0.25) is 4.79 Å². The van der Waals surface area contributed by atoms with E-state index in [1.165, 1.54) is 18.3 Å². The van der Waals surface area contributed by atoms with E-state index in [4.69, 9.17) is 4.74 Å². The number of ether oxygens (including phenoxy) is 1. The molecule has 1 aliphatic rings. The number of alkyl halides is 2. The second-order valence-electron chi connectivity index (χ2n) is 5.75. The molecule has 0 bridgehead atoms. The summed E-state index contributed by atoms with van der Waals surface area (Å²) in [6, 6.07) is 2.78. The lowest BCUT2D eigenvalue weighted by Crippen LogP contribution is -2.41. The molecule has 1 saturated carbocycles. The first-order valence-corrected chi connectivity index (χ1v) is 7.89. The average molecular weight is 328 g/mol. The molecule has 1 aromatic rings. The van der Waals surface area contributed by atoms with Gasteiger partial charge in [-0.25, -0.2) is 13.8 Å². The summed E-state index contributed by atoms with van der Waals surface area (Å²) < 4.78 is 29.1. The van der Waals surface area contributed by atoms with Crippen molar-refractivity contribution in [1.82, 2.24) is 10.3 Å². The topological polar surface area (TPSA) is 71.5 Å². The van der Waals surface area contributed by atoms with Crippen LogP contribution in [0.15, 0.2) is 18.3 Å². The van der Waals surface area contributed by atoms with Crippen LogP contribution in [0, 0.1) is 5.92 Å². The van der Waals surface area contributed by atoms with Crippen LogP contribution in [0.3, 0.4) is 0 Å². The second kappa shape index (κ2) is 8.76. The van der Waals surface area contributed by atoms with Gasteiger partial charge in [0.05, 0.1) is 0 Å². The van der Waals surface area contributed by atoms with Crippen LogP contribution in [0.25, 0.3) is 0 Å². The molecule has 7 heteroatoms. The number of hydrogen-bond acceptors (Lipinski definition) is 4. The van der Waals surface area contributed by atoms with Crippen molar-refractivity contribution < 1.29 is 23.4 Å². The lowest BCUT2D eigenvalue weighted by molar-refractivity contribution is 0.0794. The largest absolute Gasteiger partial charge is 0.472 e. The van der Waals surface area contributed by atoms with Gasteiger partial charge in [0.1, 0.15) is 0 Å². The van der Waals surface area contributed by atoms with Crippen LogP contribution >= 0.6 is 0 Å². The first kappa shape index (κ1) is 17.6. The summed E-state index contributed by atoms with van der Waals surface area (Å²) in [5.41, 5.74) is 0.310. The monoisotopic (exact) mass is 328 g/mol. The Hall–Kier alpha value is -1.76. The summed E-state index contributed by atoms with van der Waals surface area (Å²) in [6.07, 6.45) is 3.65. The first-order valence-electron chi connectivity index (χ1n) is 7.89. The highest BCUT2D eigenvalue weighted by atomic mass is 19.3. The highest BCUT2D eigenvalue weighted by Gasteiger charge is 2.25. The van der Waals surface area contributed by atoms with Crippen molar-refractivity contribution in [2.45, 2.75) is 44.6 Å². The predicted octanol–water partition coefficient (Wildman–Crippen LogP) is 2.40. The van der Waals surface area contributed by atoms with Gasteiger partial charge in [0.2, 0.25) is 5.88 Å². The lowest BCUT2D eigenvalue weighted by Gasteiger charge is -2.24. The number of nitrogens with zero attached hydrogens (tertiary/aromatic N) is 1. The Morgan fingerprint density at radius 2 is 2.17 bits per heavy atom. The van der Waals surface area contributed by atoms with E-state index in [0.29, 0.717) is 5.56 Å². The predicted molar refractivity (Wildman–Crippen MR) is 80.7 cm³/mol. The lowest BCUT2D eigenvalue weighted by atomic mass is 9.95. The summed E-state index contributed by atoms with van der Waals surface area (Å²) in [7, 11) is 0. The fourth-order valence-electron chi connectivity index (χ4n) is 2.82. The molecule has 0 radical (unpaired) electrons. The van der Waals surface area contributed by atoms with Crippen LogP contribution in [0.1, 0.15) is 42.5 Å². The fraction of sp³-hybridized carbons (Fsp3) is 0.625. The van der Waals surface area contributed by atoms with Gasteiger partial charge < -0.3 is 15.2 Å². The average Bonchev–Trinajstić information content (AvgIpc) is 2.78. The number of amides is 1. The maximum absolute atomic E-state index is 12.4. The molecule has 1 heterocycles. The number of carbonyl (C=O) groups is 1. The van der Waals surface area contributed by atoms with Crippen LogP contribution in [0.5, 0.6) is 5.88 Å². The Morgan fingerprint density at radius 3 is 2.91 bits per heavy atom. The Balaban J connectivity index is 2.00. The third-order valence-corrected chi connectivity index (χ3v) is 4.06. The Kier molecular flexibility index (Phi) is 6.70. The number of hydrogen-bond donors (Lipinski definition) is 2. The number of nitrogens with one attached hydrogen (secondary N) is 1. The number of aliphatic hydroxyl groups is 1. The molecule has 5 nitrogen and oxygen atoms in total. The molecule has 2 N–H and O–H groups in total. The Morgan fingerprint density at radius 1 is 1.39 bits per heavy atom. The molecule has 2 unspecified atom stereocenters. The van der Waals surface area contributed by atoms with Crippen LogP contribution in [-0.4, -0.2) is 41.7 Å². The number of halogens is 2. The molecule has 0 aromatic carbocycles. The number of carbonyl (C=O) groups excluding carboxylic acids is 1. The molecule has 1 aliphatic carbocycles. The van der Waals surface area contributed by atoms with Crippen molar-refractivity contribution >= 4 is 5.91 Å². The molecule has 23 heavy (non-hydrogen) atoms. The number of aliphatic hydroxyl groups excluding tert-OH is 1. The fourth-order valence-corrected chi connectivity index (χ4v) is 2.82. The SMILES string of the molecule is O=C(NC1CCCCCC1CO)c1ccnc(OCC(F)F)c1. The van der Waals surface area contributed by atoms with E-state index in [1.807, 2.05) is 0 Å². The normalized spacial score (nSPS) is 21.7. The summed E-state index contributed by atoms with van der Waals surface area (Å²) in [4.78, 5) is 16.2. The highest BCUT2D eigenvalue weighted by Crippen LogP contribution is 2.23. The Labute approximate surface area is 134 Å². The van der Waals surface area contributed by atoms with Crippen molar-refractivity contribution in [2.75, 3.05) is 13.2 Å². The third kappa shape index (κ3) is 5.42. The van der Waals surface area contributed by atoms with E-state index < -0.39 is 13.0 Å². The highest BCUT2D eigenvalue weighted by molar-refractivity contribution is 5.94. The van der Waals surface area contributed by atoms with E-state index in [1.54, 1.807) is 0 Å². The molecule has 0 saturated heterocycles. The molecule has 128 valence electrons. The van der Waals surface area contributed by atoms with Crippen molar-refractivity contribution in [3.63, 3.8) is 0 Å². The van der Waals surface area contributed by atoms with E-state index in [2.05, 4.69) is 10.3 Å². The van der Waals surface area contributed by atoms with Gasteiger partial charge in [0, 0.05) is 36.4 Å². The van der Waals surface area contributed by atoms with Crippen molar-refractivity contribution in [2.24, 2.45) is 5.92 Å². The van der Waals surface area contributed by atoms with E-state index >= 15 is 0 Å². The molecular weight excluding hydrogens is 306 g/mol. The van der Waals surface area contributed by atoms with E-state index in [0.717, 1.165) is 32.1 Å². The summed E-state index contributed by atoms with van der Waals surface area (Å²) in [5, 5.41) is 12.4. The van der Waals surface area contributed by atoms with Crippen LogP contribution in [0.4, 0.5) is 8.78 Å². The van der Waals surface area contributed by atoms with Gasteiger partial charge in [0.15, 0.2) is 6.61 Å². The minimum Gasteiger partial charge on any atom is -0.472 e. The van der Waals surface area contributed by atoms with Gasteiger partial charge in [-0.15, -0.1) is 0 Å². The van der Waals surface area contributed by atoms with Gasteiger partial charge in [-0.1, -0.05) is 19.3 Å². The molecule has 1 amide bonds. The van der Waals surface area contributed by atoms with Crippen LogP contribution in [-0.2, 0) is 0 Å². The zero-order valence-electron chi connectivity index (χ0n) is 12.9. The zero-order chi connectivity index (χ0) is 16.7. The van der Waals surface area contributed by atoms with Crippen LogP contribution < -0.4 is 10.1 Å². The van der Waals surface area contributed by atoms with E-state index in [9.17, 15) is 18.7 Å². The maximum atomic E-state index is 12.4. The van der Waals surface area contributed by atoms with E-state index in [-0.39, 0.29) is 30.4 Å². The smallest absolute Gasteiger partial charge is 0.272 e. The molecular formula is C16H22F2N2O3. The number of pyridine rings is 1. The molecule has 0 spiro atoms. The Bertz CT molecular complexity index is 514. The number of rotatable bonds is 6. The van der Waals surface area contributed by atoms with Crippen molar-refractivity contribution in [3.05, 3.63) is 23.9 Å². The van der Waals surface area contributed by atoms with Gasteiger partial charge in [0.25, 0.3) is 12.3 Å². The standard InChI is InChI=1S/C16H22F2N2O3/c17-14(18)10-23-15-8-11(6-7-19-15)16(22)20-13-5-3-1-2-4-12(13)9-21/h6-8,12-14,21H,1-5,9-10H2,(H,20,22). The zero-order valence-corrected chi connectivity index (χ0v) is 12.9. The summed E-state index contributed by atoms with van der Waals surface area (Å²) in [6.45, 7) is -0.711. The molecule has 0 aliphatic heterocycles. The van der Waals surface area contributed by atoms with Gasteiger partial charge in [-0.2, -0.15) is 0 Å². The minimum atomic E-state index is -2.59. The minimum absolute atomic E-state index is 0.00229. The number of aromatic nitrogens is 1. The molecule has 2 rings (SSSR count). The summed E-state index contributed by atoms with van der Waals surface area (Å²) >= 11 is 0. The van der Waals surface area contributed by atoms with Gasteiger partial charge >= 0.3 is 0 Å². The quantitative estimate of drug-likeness (QED) is 0.787. The van der Waals surface area contributed by atoms with Crippen LogP contribution in [0.2, 0.25) is 0 Å². The van der Waals surface area contributed by atoms with Crippen molar-refractivity contribution in [1.29, 1.82) is 0 Å². The molecule has 1 aromatic heterocycles. The third-order valence-electron chi connectivity index (χ3n) is 4.06. The molecule has 2 atom stereocenters. The van der Waals surface area contributed by atoms with Gasteiger partial charge in [-0.05, 0) is 18.9 Å². The molecule has 1 fully saturated rings. The first-order chi connectivity index (χ1) is 11.1. The van der Waals surface area contributed by atoms with Crippen molar-refractivity contribution in [3.8, 4) is 5.88 Å².